The summed E-state index contributed by atoms with van der Waals surface area (Å²) in [5.74, 6) is 1.69. The number of amides is 1. The lowest BCUT2D eigenvalue weighted by atomic mass is 10.2. The molecule has 2 N–H and O–H groups in total. The SMILES string of the molecule is O=C(CSc1nc2ccccc2[nH]1)NC[C@H]1COc2ccccc2O1. The number of hydrogen-bond acceptors (Lipinski definition) is 5. The molecule has 1 atom stereocenters. The average Bonchev–Trinajstić information content (AvgIpc) is 3.07. The molecule has 0 fully saturated rings. The Labute approximate surface area is 148 Å². The standard InChI is InChI=1S/C18H17N3O3S/c22-17(11-25-18-20-13-5-1-2-6-14(13)21-18)19-9-12-10-23-15-7-3-4-8-16(15)24-12/h1-8,12H,9-11H2,(H,19,22)(H,20,21)/t12-/m0/s1. The van der Waals surface area contributed by atoms with Crippen molar-refractivity contribution in [3.05, 3.63) is 48.5 Å². The Morgan fingerprint density at radius 3 is 2.88 bits per heavy atom. The highest BCUT2D eigenvalue weighted by atomic mass is 32.2. The van der Waals surface area contributed by atoms with Crippen LogP contribution in [0.2, 0.25) is 0 Å². The van der Waals surface area contributed by atoms with Crippen LogP contribution in [0, 0.1) is 0 Å². The van der Waals surface area contributed by atoms with Gasteiger partial charge in [0.2, 0.25) is 5.91 Å². The van der Waals surface area contributed by atoms with E-state index in [2.05, 4.69) is 15.3 Å². The molecule has 2 heterocycles. The van der Waals surface area contributed by atoms with Crippen molar-refractivity contribution in [2.24, 2.45) is 0 Å². The highest BCUT2D eigenvalue weighted by Crippen LogP contribution is 2.30. The summed E-state index contributed by atoms with van der Waals surface area (Å²) in [4.78, 5) is 19.7. The molecule has 128 valence electrons. The van der Waals surface area contributed by atoms with Gasteiger partial charge in [-0.15, -0.1) is 0 Å². The quantitative estimate of drug-likeness (QED) is 0.688. The lowest BCUT2D eigenvalue weighted by molar-refractivity contribution is -0.119. The van der Waals surface area contributed by atoms with Crippen molar-refractivity contribution in [1.29, 1.82) is 0 Å². The van der Waals surface area contributed by atoms with Crippen molar-refractivity contribution in [1.82, 2.24) is 15.3 Å². The minimum atomic E-state index is -0.185. The number of rotatable bonds is 5. The Bertz CT molecular complexity index is 863. The van der Waals surface area contributed by atoms with Gasteiger partial charge in [0.1, 0.15) is 12.7 Å². The maximum atomic E-state index is 12.0. The van der Waals surface area contributed by atoms with Crippen LogP contribution >= 0.6 is 11.8 Å². The molecular formula is C18H17N3O3S. The number of carbonyl (C=O) groups is 1. The van der Waals surface area contributed by atoms with Crippen LogP contribution in [0.25, 0.3) is 11.0 Å². The molecular weight excluding hydrogens is 338 g/mol. The third-order valence-corrected chi connectivity index (χ3v) is 4.68. The van der Waals surface area contributed by atoms with Crippen LogP contribution in [0.4, 0.5) is 0 Å². The molecule has 0 aliphatic carbocycles. The first-order valence-electron chi connectivity index (χ1n) is 8.01. The summed E-state index contributed by atoms with van der Waals surface area (Å²) in [5, 5.41) is 3.62. The van der Waals surface area contributed by atoms with Crippen LogP contribution in [0.5, 0.6) is 11.5 Å². The summed E-state index contributed by atoms with van der Waals surface area (Å²) >= 11 is 1.38. The van der Waals surface area contributed by atoms with Gasteiger partial charge in [0.25, 0.3) is 0 Å². The first-order chi connectivity index (χ1) is 12.3. The summed E-state index contributed by atoms with van der Waals surface area (Å²) in [7, 11) is 0. The molecule has 1 aliphatic heterocycles. The molecule has 0 bridgehead atoms. The van der Waals surface area contributed by atoms with Crippen LogP contribution in [-0.4, -0.2) is 40.9 Å². The Morgan fingerprint density at radius 1 is 1.20 bits per heavy atom. The highest BCUT2D eigenvalue weighted by molar-refractivity contribution is 7.99. The van der Waals surface area contributed by atoms with E-state index in [1.165, 1.54) is 11.8 Å². The normalized spacial score (nSPS) is 15.9. The molecule has 2 aromatic carbocycles. The van der Waals surface area contributed by atoms with Gasteiger partial charge in [-0.25, -0.2) is 4.98 Å². The molecule has 7 heteroatoms. The number of fused-ring (bicyclic) bond motifs is 2. The van der Waals surface area contributed by atoms with Crippen LogP contribution in [0.15, 0.2) is 53.7 Å². The lowest BCUT2D eigenvalue weighted by Crippen LogP contribution is -2.41. The smallest absolute Gasteiger partial charge is 0.230 e. The molecule has 0 saturated heterocycles. The molecule has 3 aromatic rings. The Balaban J connectivity index is 1.25. The first-order valence-corrected chi connectivity index (χ1v) is 8.99. The molecule has 1 amide bonds. The van der Waals surface area contributed by atoms with Crippen molar-refractivity contribution in [3.63, 3.8) is 0 Å². The number of ether oxygens (including phenoxy) is 2. The topological polar surface area (TPSA) is 76.2 Å². The van der Waals surface area contributed by atoms with E-state index >= 15 is 0 Å². The summed E-state index contributed by atoms with van der Waals surface area (Å²) in [5.41, 5.74) is 1.87. The number of hydrogen-bond donors (Lipinski definition) is 2. The van der Waals surface area contributed by atoms with E-state index in [-0.39, 0.29) is 12.0 Å². The third-order valence-electron chi connectivity index (χ3n) is 3.80. The third kappa shape index (κ3) is 3.71. The van der Waals surface area contributed by atoms with Gasteiger partial charge in [-0.2, -0.15) is 0 Å². The first kappa shape index (κ1) is 15.8. The maximum absolute atomic E-state index is 12.0. The highest BCUT2D eigenvalue weighted by Gasteiger charge is 2.21. The van der Waals surface area contributed by atoms with Gasteiger partial charge in [-0.1, -0.05) is 36.0 Å². The lowest BCUT2D eigenvalue weighted by Gasteiger charge is -2.26. The van der Waals surface area contributed by atoms with Crippen molar-refractivity contribution in [3.8, 4) is 11.5 Å². The Morgan fingerprint density at radius 2 is 2.00 bits per heavy atom. The number of benzene rings is 2. The van der Waals surface area contributed by atoms with Gasteiger partial charge in [0.05, 0.1) is 23.3 Å². The number of para-hydroxylation sites is 4. The maximum Gasteiger partial charge on any atom is 0.230 e. The zero-order valence-corrected chi connectivity index (χ0v) is 14.2. The molecule has 25 heavy (non-hydrogen) atoms. The molecule has 0 saturated carbocycles. The van der Waals surface area contributed by atoms with E-state index in [1.807, 2.05) is 48.5 Å². The van der Waals surface area contributed by atoms with Gasteiger partial charge in [-0.3, -0.25) is 4.79 Å². The van der Waals surface area contributed by atoms with E-state index in [9.17, 15) is 4.79 Å². The van der Waals surface area contributed by atoms with E-state index in [1.54, 1.807) is 0 Å². The largest absolute Gasteiger partial charge is 0.486 e. The zero-order chi connectivity index (χ0) is 17.1. The van der Waals surface area contributed by atoms with E-state index in [4.69, 9.17) is 9.47 Å². The molecule has 0 radical (unpaired) electrons. The number of imidazole rings is 1. The predicted molar refractivity (Wildman–Crippen MR) is 96.2 cm³/mol. The van der Waals surface area contributed by atoms with Crippen molar-refractivity contribution >= 4 is 28.7 Å². The molecule has 0 spiro atoms. The van der Waals surface area contributed by atoms with Crippen molar-refractivity contribution in [2.75, 3.05) is 18.9 Å². The van der Waals surface area contributed by atoms with Crippen LogP contribution < -0.4 is 14.8 Å². The second kappa shape index (κ2) is 7.06. The van der Waals surface area contributed by atoms with Gasteiger partial charge in [0, 0.05) is 0 Å². The minimum Gasteiger partial charge on any atom is -0.486 e. The average molecular weight is 355 g/mol. The Kier molecular flexibility index (Phi) is 4.47. The second-order valence-corrected chi connectivity index (χ2v) is 6.61. The van der Waals surface area contributed by atoms with Crippen molar-refractivity contribution in [2.45, 2.75) is 11.3 Å². The number of aromatic amines is 1. The second-order valence-electron chi connectivity index (χ2n) is 5.65. The molecule has 6 nitrogen and oxygen atoms in total. The minimum absolute atomic E-state index is 0.0621. The van der Waals surface area contributed by atoms with Crippen molar-refractivity contribution < 1.29 is 14.3 Å². The summed E-state index contributed by atoms with van der Waals surface area (Å²) in [6.45, 7) is 0.835. The van der Waals surface area contributed by atoms with Gasteiger partial charge in [0.15, 0.2) is 16.7 Å². The zero-order valence-electron chi connectivity index (χ0n) is 13.4. The van der Waals surface area contributed by atoms with E-state index < -0.39 is 0 Å². The van der Waals surface area contributed by atoms with Gasteiger partial charge in [-0.05, 0) is 24.3 Å². The van der Waals surface area contributed by atoms with Crippen LogP contribution in [-0.2, 0) is 4.79 Å². The van der Waals surface area contributed by atoms with Gasteiger partial charge >= 0.3 is 0 Å². The summed E-state index contributed by atoms with van der Waals surface area (Å²) in [6, 6.07) is 15.3. The fourth-order valence-electron chi connectivity index (χ4n) is 2.57. The Hall–Kier alpha value is -2.67. The fourth-order valence-corrected chi connectivity index (χ4v) is 3.29. The predicted octanol–water partition coefficient (Wildman–Crippen LogP) is 2.61. The number of nitrogens with one attached hydrogen (secondary N) is 2. The monoisotopic (exact) mass is 355 g/mol. The number of aromatic nitrogens is 2. The summed E-state index contributed by atoms with van der Waals surface area (Å²) < 4.78 is 11.5. The van der Waals surface area contributed by atoms with E-state index in [0.717, 1.165) is 21.9 Å². The fraction of sp³-hybridized carbons (Fsp3) is 0.222. The number of carbonyl (C=O) groups excluding carboxylic acids is 1. The van der Waals surface area contributed by atoms with Gasteiger partial charge < -0.3 is 19.8 Å². The molecule has 4 rings (SSSR count). The number of H-pyrrole nitrogens is 1. The molecule has 1 aromatic heterocycles. The van der Waals surface area contributed by atoms with Crippen LogP contribution in [0.1, 0.15) is 0 Å². The molecule has 1 aliphatic rings. The molecule has 0 unspecified atom stereocenters. The summed E-state index contributed by atoms with van der Waals surface area (Å²) in [6.07, 6.45) is -0.185. The van der Waals surface area contributed by atoms with E-state index in [0.29, 0.717) is 24.7 Å². The van der Waals surface area contributed by atoms with Crippen LogP contribution in [0.3, 0.4) is 0 Å². The number of thioether (sulfide) groups is 1. The number of nitrogens with zero attached hydrogens (tertiary/aromatic N) is 1.